The fourth-order valence-corrected chi connectivity index (χ4v) is 2.33. The van der Waals surface area contributed by atoms with Gasteiger partial charge in [0.2, 0.25) is 5.82 Å². The van der Waals surface area contributed by atoms with Crippen LogP contribution in [-0.2, 0) is 24.4 Å². The van der Waals surface area contributed by atoms with E-state index in [0.29, 0.717) is 26.3 Å². The lowest BCUT2D eigenvalue weighted by Gasteiger charge is -2.18. The number of carbonyl (C=O) groups excluding carboxylic acids is 1. The molecule has 0 unspecified atom stereocenters. The molecule has 2 aromatic heterocycles. The molecule has 3 rings (SSSR count). The molecule has 0 aromatic carbocycles. The van der Waals surface area contributed by atoms with Crippen molar-refractivity contribution in [3.8, 4) is 0 Å². The van der Waals surface area contributed by atoms with Crippen LogP contribution in [0.3, 0.4) is 0 Å². The molecule has 1 N–H and O–H groups in total. The topological polar surface area (TPSA) is 102 Å². The minimum atomic E-state index is -0.162. The predicted molar refractivity (Wildman–Crippen MR) is 71.1 cm³/mol. The first-order chi connectivity index (χ1) is 10.3. The van der Waals surface area contributed by atoms with Crippen molar-refractivity contribution in [3.63, 3.8) is 0 Å². The highest BCUT2D eigenvalue weighted by molar-refractivity contribution is 5.90. The molecule has 0 spiro atoms. The second-order valence-corrected chi connectivity index (χ2v) is 4.76. The quantitative estimate of drug-likeness (QED) is 0.849. The number of nitrogens with one attached hydrogen (secondary N) is 1. The van der Waals surface area contributed by atoms with E-state index in [1.807, 2.05) is 11.6 Å². The normalized spacial score (nSPS) is 14.8. The second kappa shape index (κ2) is 6.00. The summed E-state index contributed by atoms with van der Waals surface area (Å²) in [6.07, 6.45) is 2.15. The average molecular weight is 291 g/mol. The molecule has 21 heavy (non-hydrogen) atoms. The molecule has 112 valence electrons. The van der Waals surface area contributed by atoms with Gasteiger partial charge in [-0.05, 0) is 13.3 Å². The second-order valence-electron chi connectivity index (χ2n) is 4.76. The van der Waals surface area contributed by atoms with E-state index >= 15 is 0 Å². The van der Waals surface area contributed by atoms with Gasteiger partial charge in [-0.3, -0.25) is 9.89 Å². The number of fused-ring (bicyclic) bond motifs is 1. The fourth-order valence-electron chi connectivity index (χ4n) is 2.33. The molecule has 0 aliphatic carbocycles. The van der Waals surface area contributed by atoms with Crippen molar-refractivity contribution in [2.24, 2.45) is 0 Å². The van der Waals surface area contributed by atoms with Crippen LogP contribution in [0.25, 0.3) is 0 Å². The first-order valence-electron chi connectivity index (χ1n) is 6.93. The Balaban J connectivity index is 1.81. The molecule has 2 aromatic rings. The van der Waals surface area contributed by atoms with Crippen LogP contribution in [0.2, 0.25) is 0 Å². The number of carbonyl (C=O) groups is 1. The number of amides is 1. The van der Waals surface area contributed by atoms with Crippen LogP contribution in [0.5, 0.6) is 0 Å². The van der Waals surface area contributed by atoms with E-state index in [4.69, 9.17) is 4.74 Å². The average Bonchev–Trinajstić information content (AvgIpc) is 3.10. The number of aromatic amines is 1. The summed E-state index contributed by atoms with van der Waals surface area (Å²) in [5, 5.41) is 14.6. The zero-order chi connectivity index (χ0) is 14.7. The van der Waals surface area contributed by atoms with Gasteiger partial charge in [0, 0.05) is 19.7 Å². The van der Waals surface area contributed by atoms with E-state index in [2.05, 4.69) is 25.5 Å². The highest BCUT2D eigenvalue weighted by Gasteiger charge is 2.25. The lowest BCUT2D eigenvalue weighted by molar-refractivity contribution is 0.0731. The fraction of sp³-hybridized carbons (Fsp3) is 0.583. The molecule has 0 saturated carbocycles. The van der Waals surface area contributed by atoms with Gasteiger partial charge in [-0.25, -0.2) is 9.67 Å². The Morgan fingerprint density at radius 1 is 1.48 bits per heavy atom. The number of rotatable bonds is 4. The molecule has 1 aliphatic rings. The molecule has 3 heterocycles. The molecule has 0 saturated heterocycles. The Morgan fingerprint density at radius 2 is 2.38 bits per heavy atom. The maximum atomic E-state index is 12.4. The lowest BCUT2D eigenvalue weighted by Crippen LogP contribution is -2.31. The van der Waals surface area contributed by atoms with Gasteiger partial charge >= 0.3 is 0 Å². The van der Waals surface area contributed by atoms with Crippen molar-refractivity contribution in [3.05, 3.63) is 23.5 Å². The van der Waals surface area contributed by atoms with Crippen LogP contribution in [0.4, 0.5) is 0 Å². The summed E-state index contributed by atoms with van der Waals surface area (Å²) >= 11 is 0. The predicted octanol–water partition coefficient (Wildman–Crippen LogP) is -0.0212. The van der Waals surface area contributed by atoms with Crippen LogP contribution < -0.4 is 0 Å². The van der Waals surface area contributed by atoms with Crippen molar-refractivity contribution < 1.29 is 9.53 Å². The molecule has 0 atom stereocenters. The Bertz CT molecular complexity index is 607. The highest BCUT2D eigenvalue weighted by Crippen LogP contribution is 2.16. The van der Waals surface area contributed by atoms with E-state index in [9.17, 15) is 4.79 Å². The van der Waals surface area contributed by atoms with Gasteiger partial charge in [-0.15, -0.1) is 5.10 Å². The number of nitrogens with zero attached hydrogens (tertiary/aromatic N) is 6. The standard InChI is InChI=1S/C12H17N7O2/c1-2-21-7-9-10-6-18(4-3-5-19(10)17-15-9)12(20)11-13-8-14-16-11/h8H,2-7H2,1H3,(H,13,14,16). The summed E-state index contributed by atoms with van der Waals surface area (Å²) in [5.74, 6) is 0.0896. The molecule has 0 bridgehead atoms. The molecule has 9 heteroatoms. The summed E-state index contributed by atoms with van der Waals surface area (Å²) < 4.78 is 7.25. The number of hydrogen-bond donors (Lipinski definition) is 1. The maximum Gasteiger partial charge on any atom is 0.291 e. The minimum Gasteiger partial charge on any atom is -0.375 e. The number of hydrogen-bond acceptors (Lipinski definition) is 6. The summed E-state index contributed by atoms with van der Waals surface area (Å²) in [6.45, 7) is 4.81. The van der Waals surface area contributed by atoms with Crippen LogP contribution in [0.1, 0.15) is 35.4 Å². The van der Waals surface area contributed by atoms with Crippen LogP contribution in [0.15, 0.2) is 6.33 Å². The lowest BCUT2D eigenvalue weighted by atomic mass is 10.3. The zero-order valence-electron chi connectivity index (χ0n) is 11.8. The highest BCUT2D eigenvalue weighted by atomic mass is 16.5. The molecule has 0 radical (unpaired) electrons. The minimum absolute atomic E-state index is 0.162. The van der Waals surface area contributed by atoms with Gasteiger partial charge in [-0.2, -0.15) is 5.10 Å². The molecule has 1 aliphatic heterocycles. The van der Waals surface area contributed by atoms with E-state index < -0.39 is 0 Å². The third kappa shape index (κ3) is 2.77. The van der Waals surface area contributed by atoms with Gasteiger partial charge < -0.3 is 9.64 Å². The van der Waals surface area contributed by atoms with Gasteiger partial charge in [0.05, 0.1) is 18.8 Å². The van der Waals surface area contributed by atoms with Crippen LogP contribution in [-0.4, -0.2) is 54.1 Å². The van der Waals surface area contributed by atoms with Crippen molar-refractivity contribution in [2.45, 2.75) is 33.0 Å². The van der Waals surface area contributed by atoms with E-state index in [1.165, 1.54) is 6.33 Å². The largest absolute Gasteiger partial charge is 0.375 e. The summed E-state index contributed by atoms with van der Waals surface area (Å²) in [7, 11) is 0. The number of H-pyrrole nitrogens is 1. The van der Waals surface area contributed by atoms with Gasteiger partial charge in [0.15, 0.2) is 0 Å². The Morgan fingerprint density at radius 3 is 3.14 bits per heavy atom. The van der Waals surface area contributed by atoms with Gasteiger partial charge in [0.1, 0.15) is 12.0 Å². The summed E-state index contributed by atoms with van der Waals surface area (Å²) in [6, 6.07) is 0. The zero-order valence-corrected chi connectivity index (χ0v) is 11.8. The molecular weight excluding hydrogens is 274 g/mol. The van der Waals surface area contributed by atoms with Crippen molar-refractivity contribution >= 4 is 5.91 Å². The SMILES string of the molecule is CCOCc1nnn2c1CN(C(=O)c1ncn[nH]1)CCC2. The first-order valence-corrected chi connectivity index (χ1v) is 6.93. The first kappa shape index (κ1) is 13.7. The van der Waals surface area contributed by atoms with E-state index in [1.54, 1.807) is 4.90 Å². The number of aryl methyl sites for hydroxylation is 1. The number of ether oxygens (including phenoxy) is 1. The van der Waals surface area contributed by atoms with E-state index in [-0.39, 0.29) is 11.7 Å². The van der Waals surface area contributed by atoms with Crippen LogP contribution >= 0.6 is 0 Å². The maximum absolute atomic E-state index is 12.4. The molecular formula is C12H17N7O2. The Kier molecular flexibility index (Phi) is 3.91. The third-order valence-electron chi connectivity index (χ3n) is 3.40. The van der Waals surface area contributed by atoms with Crippen LogP contribution in [0, 0.1) is 0 Å². The van der Waals surface area contributed by atoms with Gasteiger partial charge in [-0.1, -0.05) is 5.21 Å². The van der Waals surface area contributed by atoms with Crippen molar-refractivity contribution in [1.29, 1.82) is 0 Å². The molecule has 0 fully saturated rings. The monoisotopic (exact) mass is 291 g/mol. The van der Waals surface area contributed by atoms with Crippen molar-refractivity contribution in [1.82, 2.24) is 35.1 Å². The molecule has 1 amide bonds. The van der Waals surface area contributed by atoms with Crippen molar-refractivity contribution in [2.75, 3.05) is 13.2 Å². The molecule has 9 nitrogen and oxygen atoms in total. The van der Waals surface area contributed by atoms with Gasteiger partial charge in [0.25, 0.3) is 5.91 Å². The Labute approximate surface area is 121 Å². The summed E-state index contributed by atoms with van der Waals surface area (Å²) in [4.78, 5) is 18.0. The third-order valence-corrected chi connectivity index (χ3v) is 3.40. The Hall–Kier alpha value is -2.29. The summed E-state index contributed by atoms with van der Waals surface area (Å²) in [5.41, 5.74) is 1.71. The smallest absolute Gasteiger partial charge is 0.291 e. The number of aromatic nitrogens is 6. The van der Waals surface area contributed by atoms with E-state index in [0.717, 1.165) is 24.4 Å².